The molecular formula is C11H17N5O. The second-order valence-corrected chi connectivity index (χ2v) is 3.79. The van der Waals surface area contributed by atoms with Crippen LogP contribution >= 0.6 is 0 Å². The fourth-order valence-corrected chi connectivity index (χ4v) is 1.73. The van der Waals surface area contributed by atoms with Gasteiger partial charge < -0.3 is 10.1 Å². The predicted octanol–water partition coefficient (Wildman–Crippen LogP) is 1.33. The van der Waals surface area contributed by atoms with Gasteiger partial charge in [-0.05, 0) is 13.3 Å². The van der Waals surface area contributed by atoms with Crippen LogP contribution in [0.1, 0.15) is 19.4 Å². The average Bonchev–Trinajstić information content (AvgIpc) is 2.98. The molecular weight excluding hydrogens is 218 g/mol. The summed E-state index contributed by atoms with van der Waals surface area (Å²) in [6, 6.07) is 0.349. The van der Waals surface area contributed by atoms with Crippen LogP contribution in [0.3, 0.4) is 0 Å². The zero-order chi connectivity index (χ0) is 12.1. The van der Waals surface area contributed by atoms with Crippen molar-refractivity contribution in [3.05, 3.63) is 12.4 Å². The Morgan fingerprint density at radius 1 is 1.71 bits per heavy atom. The maximum absolute atomic E-state index is 5.33. The van der Waals surface area contributed by atoms with Crippen LogP contribution in [0.4, 0.5) is 5.69 Å². The van der Waals surface area contributed by atoms with Crippen LogP contribution in [0.2, 0.25) is 0 Å². The van der Waals surface area contributed by atoms with E-state index in [0.717, 1.165) is 25.3 Å². The lowest BCUT2D eigenvalue weighted by Gasteiger charge is -2.06. The highest BCUT2D eigenvalue weighted by molar-refractivity contribution is 5.97. The van der Waals surface area contributed by atoms with Gasteiger partial charge in [-0.15, -0.1) is 0 Å². The molecule has 6 nitrogen and oxygen atoms in total. The minimum absolute atomic E-state index is 0.349. The molecule has 1 N–H and O–H groups in total. The van der Waals surface area contributed by atoms with Gasteiger partial charge in [0.25, 0.3) is 0 Å². The van der Waals surface area contributed by atoms with E-state index in [4.69, 9.17) is 4.74 Å². The summed E-state index contributed by atoms with van der Waals surface area (Å²) in [5, 5.41) is 7.41. The topological polar surface area (TPSA) is 63.8 Å². The monoisotopic (exact) mass is 235 g/mol. The quantitative estimate of drug-likeness (QED) is 0.621. The summed E-state index contributed by atoms with van der Waals surface area (Å²) in [6.07, 6.45) is 6.44. The van der Waals surface area contributed by atoms with Gasteiger partial charge in [0.15, 0.2) is 0 Å². The van der Waals surface area contributed by atoms with Crippen molar-refractivity contribution in [3.63, 3.8) is 0 Å². The molecule has 0 saturated carbocycles. The Morgan fingerprint density at radius 2 is 2.59 bits per heavy atom. The minimum Gasteiger partial charge on any atom is -0.379 e. The first-order valence-corrected chi connectivity index (χ1v) is 5.68. The molecule has 17 heavy (non-hydrogen) atoms. The van der Waals surface area contributed by atoms with Gasteiger partial charge in [-0.1, -0.05) is 0 Å². The summed E-state index contributed by atoms with van der Waals surface area (Å²) in [7, 11) is 1.70. The van der Waals surface area contributed by atoms with E-state index < -0.39 is 0 Å². The van der Waals surface area contributed by atoms with E-state index in [0.29, 0.717) is 12.0 Å². The van der Waals surface area contributed by atoms with Crippen molar-refractivity contribution in [3.8, 4) is 0 Å². The highest BCUT2D eigenvalue weighted by Gasteiger charge is 2.18. The Bertz CT molecular complexity index is 417. The summed E-state index contributed by atoms with van der Waals surface area (Å²) in [6.45, 7) is 3.41. The molecule has 1 aromatic rings. The lowest BCUT2D eigenvalue weighted by molar-refractivity contribution is 0.184. The molecule has 1 saturated heterocycles. The molecule has 1 atom stereocenters. The smallest absolute Gasteiger partial charge is 0.221 e. The lowest BCUT2D eigenvalue weighted by Crippen LogP contribution is -2.10. The van der Waals surface area contributed by atoms with E-state index in [1.165, 1.54) is 0 Å². The third kappa shape index (κ3) is 2.91. The number of anilines is 1. The first-order valence-electron chi connectivity index (χ1n) is 5.68. The molecule has 1 aliphatic rings. The van der Waals surface area contributed by atoms with Crippen molar-refractivity contribution in [1.29, 1.82) is 0 Å². The van der Waals surface area contributed by atoms with Crippen LogP contribution in [0, 0.1) is 0 Å². The van der Waals surface area contributed by atoms with E-state index in [1.807, 2.05) is 17.8 Å². The summed E-state index contributed by atoms with van der Waals surface area (Å²) in [4.78, 5) is 8.12. The van der Waals surface area contributed by atoms with Crippen LogP contribution in [-0.2, 0) is 4.74 Å². The Balaban J connectivity index is 2.02. The first-order chi connectivity index (χ1) is 8.33. The fourth-order valence-electron chi connectivity index (χ4n) is 1.73. The summed E-state index contributed by atoms with van der Waals surface area (Å²) < 4.78 is 7.26. The van der Waals surface area contributed by atoms with Crippen LogP contribution in [0.15, 0.2) is 22.4 Å². The predicted molar refractivity (Wildman–Crippen MR) is 67.8 cm³/mol. The fraction of sp³-hybridized carbons (Fsp3) is 0.545. The van der Waals surface area contributed by atoms with Gasteiger partial charge in [0.1, 0.15) is 0 Å². The first kappa shape index (κ1) is 11.8. The minimum atomic E-state index is 0.349. The summed E-state index contributed by atoms with van der Waals surface area (Å²) >= 11 is 0. The van der Waals surface area contributed by atoms with Crippen LogP contribution in [0.25, 0.3) is 0 Å². The van der Waals surface area contributed by atoms with Crippen molar-refractivity contribution in [2.75, 3.05) is 25.6 Å². The van der Waals surface area contributed by atoms with Gasteiger partial charge in [-0.25, -0.2) is 4.99 Å². The maximum Gasteiger partial charge on any atom is 0.221 e. The van der Waals surface area contributed by atoms with Gasteiger partial charge in [0, 0.05) is 26.1 Å². The standard InChI is InChI=1S/C11H17N5O/c1-3-13-11(12-2)15-9-6-14-16(7-9)10-4-5-17-8-10/h3,6-7,10H,4-5,8H2,1-2H3,(H,12,15). The van der Waals surface area contributed by atoms with E-state index >= 15 is 0 Å². The van der Waals surface area contributed by atoms with Crippen LogP contribution in [0.5, 0.6) is 0 Å². The number of aliphatic imine (C=N–C) groups is 2. The van der Waals surface area contributed by atoms with Crippen molar-refractivity contribution >= 4 is 17.9 Å². The Hall–Kier alpha value is -1.69. The second-order valence-electron chi connectivity index (χ2n) is 3.79. The molecule has 1 aromatic heterocycles. The zero-order valence-corrected chi connectivity index (χ0v) is 10.1. The molecule has 0 bridgehead atoms. The van der Waals surface area contributed by atoms with Crippen LogP contribution in [-0.4, -0.2) is 42.2 Å². The van der Waals surface area contributed by atoms with Gasteiger partial charge in [-0.2, -0.15) is 5.10 Å². The second kappa shape index (κ2) is 5.58. The highest BCUT2D eigenvalue weighted by atomic mass is 16.5. The SMILES string of the molecule is CC=NC(=NC)Nc1cnn(C2CCOC2)c1. The Morgan fingerprint density at radius 3 is 3.24 bits per heavy atom. The van der Waals surface area contributed by atoms with E-state index in [-0.39, 0.29) is 0 Å². The molecule has 2 heterocycles. The molecule has 1 aliphatic heterocycles. The molecule has 1 unspecified atom stereocenters. The largest absolute Gasteiger partial charge is 0.379 e. The Kier molecular flexibility index (Phi) is 3.87. The van der Waals surface area contributed by atoms with Gasteiger partial charge in [0.05, 0.1) is 24.5 Å². The molecule has 0 spiro atoms. The summed E-state index contributed by atoms with van der Waals surface area (Å²) in [5.41, 5.74) is 0.892. The molecule has 92 valence electrons. The van der Waals surface area contributed by atoms with Crippen molar-refractivity contribution in [2.45, 2.75) is 19.4 Å². The maximum atomic E-state index is 5.33. The average molecular weight is 235 g/mol. The molecule has 6 heteroatoms. The number of nitrogens with zero attached hydrogens (tertiary/aromatic N) is 4. The van der Waals surface area contributed by atoms with Crippen LogP contribution < -0.4 is 5.32 Å². The number of hydrogen-bond donors (Lipinski definition) is 1. The van der Waals surface area contributed by atoms with Crippen molar-refractivity contribution in [1.82, 2.24) is 9.78 Å². The number of aromatic nitrogens is 2. The molecule has 0 aromatic carbocycles. The highest BCUT2D eigenvalue weighted by Crippen LogP contribution is 2.19. The number of ether oxygens (including phenoxy) is 1. The Labute approximate surface area is 100 Å². The number of rotatable bonds is 2. The molecule has 1 fully saturated rings. The number of hydrogen-bond acceptors (Lipinski definition) is 3. The molecule has 2 rings (SSSR count). The van der Waals surface area contributed by atoms with Gasteiger partial charge in [-0.3, -0.25) is 9.67 Å². The normalized spacial score (nSPS) is 21.3. The van der Waals surface area contributed by atoms with E-state index in [1.54, 1.807) is 19.5 Å². The summed E-state index contributed by atoms with van der Waals surface area (Å²) in [5.74, 6) is 0.578. The lowest BCUT2D eigenvalue weighted by atomic mass is 10.3. The third-order valence-electron chi connectivity index (χ3n) is 2.60. The molecule has 0 radical (unpaired) electrons. The molecule has 0 aliphatic carbocycles. The molecule has 0 amide bonds. The van der Waals surface area contributed by atoms with E-state index in [9.17, 15) is 0 Å². The van der Waals surface area contributed by atoms with Gasteiger partial charge >= 0.3 is 0 Å². The van der Waals surface area contributed by atoms with Crippen molar-refractivity contribution in [2.24, 2.45) is 9.98 Å². The zero-order valence-electron chi connectivity index (χ0n) is 10.1. The number of nitrogens with one attached hydrogen (secondary N) is 1. The van der Waals surface area contributed by atoms with E-state index in [2.05, 4.69) is 20.4 Å². The third-order valence-corrected chi connectivity index (χ3v) is 2.60. The van der Waals surface area contributed by atoms with Crippen molar-refractivity contribution < 1.29 is 4.74 Å². The van der Waals surface area contributed by atoms with Gasteiger partial charge in [0.2, 0.25) is 5.96 Å². The number of guanidine groups is 1.